The van der Waals surface area contributed by atoms with Crippen LogP contribution in [0.25, 0.3) is 0 Å². The van der Waals surface area contributed by atoms with Gasteiger partial charge >= 0.3 is 0 Å². The Bertz CT molecular complexity index is 577. The first-order valence-electron chi connectivity index (χ1n) is 6.96. The Morgan fingerprint density at radius 1 is 1.16 bits per heavy atom. The van der Waals surface area contributed by atoms with Crippen molar-refractivity contribution in [2.45, 2.75) is 45.6 Å². The van der Waals surface area contributed by atoms with Gasteiger partial charge in [-0.3, -0.25) is 0 Å². The number of benzene rings is 1. The lowest BCUT2D eigenvalue weighted by Gasteiger charge is -2.11. The zero-order chi connectivity index (χ0) is 13.4. The second-order valence-corrected chi connectivity index (χ2v) is 6.57. The highest BCUT2D eigenvalue weighted by Crippen LogP contribution is 2.31. The van der Waals surface area contributed by atoms with Crippen LogP contribution in [0.3, 0.4) is 0 Å². The van der Waals surface area contributed by atoms with Crippen LogP contribution in [0.15, 0.2) is 18.2 Å². The lowest BCUT2D eigenvalue weighted by molar-refractivity contribution is 0.678. The monoisotopic (exact) mass is 272 g/mol. The lowest BCUT2D eigenvalue weighted by atomic mass is 10.0. The van der Waals surface area contributed by atoms with E-state index in [2.05, 4.69) is 32.0 Å². The summed E-state index contributed by atoms with van der Waals surface area (Å²) in [6.07, 6.45) is 4.89. The molecule has 0 bridgehead atoms. The van der Waals surface area contributed by atoms with E-state index in [0.717, 1.165) is 11.4 Å². The lowest BCUT2D eigenvalue weighted by Crippen LogP contribution is -2.12. The fraction of sp³-hybridized carbons (Fsp3) is 0.438. The predicted octanol–water partition coefficient (Wildman–Crippen LogP) is 3.69. The topological polar surface area (TPSA) is 38.9 Å². The van der Waals surface area contributed by atoms with Gasteiger partial charge in [0.1, 0.15) is 5.01 Å². The van der Waals surface area contributed by atoms with Crippen LogP contribution in [0.2, 0.25) is 0 Å². The molecule has 1 heterocycles. The molecule has 2 N–H and O–H groups in total. The zero-order valence-corrected chi connectivity index (χ0v) is 12.4. The van der Waals surface area contributed by atoms with Gasteiger partial charge in [-0.15, -0.1) is 11.3 Å². The highest BCUT2D eigenvalue weighted by atomic mass is 32.1. The van der Waals surface area contributed by atoms with Gasteiger partial charge in [-0.05, 0) is 56.2 Å². The van der Waals surface area contributed by atoms with E-state index < -0.39 is 0 Å². The zero-order valence-electron chi connectivity index (χ0n) is 11.6. The molecule has 19 heavy (non-hydrogen) atoms. The summed E-state index contributed by atoms with van der Waals surface area (Å²) in [7, 11) is 0. The predicted molar refractivity (Wildman–Crippen MR) is 80.7 cm³/mol. The van der Waals surface area contributed by atoms with Gasteiger partial charge in [-0.2, -0.15) is 0 Å². The maximum Gasteiger partial charge on any atom is 0.114 e. The third-order valence-corrected chi connectivity index (χ3v) is 5.26. The second kappa shape index (κ2) is 5.06. The molecule has 3 heteroatoms. The van der Waals surface area contributed by atoms with Crippen molar-refractivity contribution in [3.8, 4) is 0 Å². The van der Waals surface area contributed by atoms with Crippen molar-refractivity contribution in [1.29, 1.82) is 0 Å². The van der Waals surface area contributed by atoms with Crippen LogP contribution in [0.5, 0.6) is 0 Å². The highest BCUT2D eigenvalue weighted by Gasteiger charge is 2.19. The van der Waals surface area contributed by atoms with E-state index in [4.69, 9.17) is 10.7 Å². The standard InChI is InChI=1S/C16H20N2S/c1-10-7-8-12(9-11(10)2)15(17)16-18-13-5-3-4-6-14(13)19-16/h7-9,15H,3-6,17H2,1-2H3. The van der Waals surface area contributed by atoms with Crippen LogP contribution in [-0.2, 0) is 12.8 Å². The molecule has 2 aromatic rings. The van der Waals surface area contributed by atoms with Crippen LogP contribution < -0.4 is 5.73 Å². The van der Waals surface area contributed by atoms with Crippen molar-refractivity contribution in [3.05, 3.63) is 50.5 Å². The van der Waals surface area contributed by atoms with Gasteiger partial charge in [0.25, 0.3) is 0 Å². The molecular formula is C16H20N2S. The first-order valence-corrected chi connectivity index (χ1v) is 7.78. The molecule has 1 aromatic heterocycles. The second-order valence-electron chi connectivity index (χ2n) is 5.45. The van der Waals surface area contributed by atoms with Crippen LogP contribution >= 0.6 is 11.3 Å². The van der Waals surface area contributed by atoms with Gasteiger partial charge in [0.2, 0.25) is 0 Å². The largest absolute Gasteiger partial charge is 0.318 e. The van der Waals surface area contributed by atoms with Gasteiger partial charge in [0.05, 0.1) is 11.7 Å². The number of rotatable bonds is 2. The number of hydrogen-bond donors (Lipinski definition) is 1. The molecule has 0 radical (unpaired) electrons. The third kappa shape index (κ3) is 2.45. The van der Waals surface area contributed by atoms with E-state index in [1.165, 1.54) is 46.5 Å². The maximum absolute atomic E-state index is 6.40. The fourth-order valence-electron chi connectivity index (χ4n) is 2.61. The maximum atomic E-state index is 6.40. The molecule has 3 rings (SSSR count). The first kappa shape index (κ1) is 12.8. The van der Waals surface area contributed by atoms with E-state index in [1.54, 1.807) is 0 Å². The Hall–Kier alpha value is -1.19. The number of fused-ring (bicyclic) bond motifs is 1. The molecule has 1 atom stereocenters. The van der Waals surface area contributed by atoms with E-state index in [-0.39, 0.29) is 6.04 Å². The Kier molecular flexibility index (Phi) is 3.42. The molecule has 2 nitrogen and oxygen atoms in total. The molecule has 0 amide bonds. The van der Waals surface area contributed by atoms with Gasteiger partial charge in [-0.25, -0.2) is 4.98 Å². The Morgan fingerprint density at radius 2 is 1.95 bits per heavy atom. The van der Waals surface area contributed by atoms with Crippen LogP contribution in [0, 0.1) is 13.8 Å². The van der Waals surface area contributed by atoms with Crippen molar-refractivity contribution >= 4 is 11.3 Å². The Labute approximate surface area is 118 Å². The summed E-state index contributed by atoms with van der Waals surface area (Å²) in [6.45, 7) is 4.27. The minimum Gasteiger partial charge on any atom is -0.318 e. The normalized spacial score (nSPS) is 16.2. The van der Waals surface area contributed by atoms with Gasteiger partial charge in [0.15, 0.2) is 0 Å². The molecule has 0 spiro atoms. The summed E-state index contributed by atoms with van der Waals surface area (Å²) in [6, 6.07) is 6.40. The van der Waals surface area contributed by atoms with Crippen LogP contribution in [0.4, 0.5) is 0 Å². The molecule has 0 saturated heterocycles. The van der Waals surface area contributed by atoms with Crippen molar-refractivity contribution < 1.29 is 0 Å². The number of nitrogens with zero attached hydrogens (tertiary/aromatic N) is 1. The SMILES string of the molecule is Cc1ccc(C(N)c2nc3c(s2)CCCC3)cc1C. The highest BCUT2D eigenvalue weighted by molar-refractivity contribution is 7.11. The Morgan fingerprint density at radius 3 is 2.68 bits per heavy atom. The first-order chi connectivity index (χ1) is 9.15. The molecule has 1 aliphatic carbocycles. The quantitative estimate of drug-likeness (QED) is 0.905. The summed E-state index contributed by atoms with van der Waals surface area (Å²) >= 11 is 1.81. The molecule has 1 aliphatic rings. The average molecular weight is 272 g/mol. The smallest absolute Gasteiger partial charge is 0.114 e. The Balaban J connectivity index is 1.92. The van der Waals surface area contributed by atoms with E-state index >= 15 is 0 Å². The molecule has 100 valence electrons. The number of aromatic nitrogens is 1. The number of nitrogens with two attached hydrogens (primary N) is 1. The molecule has 1 aromatic carbocycles. The number of aryl methyl sites for hydroxylation is 4. The third-order valence-electron chi connectivity index (χ3n) is 4.02. The van der Waals surface area contributed by atoms with E-state index in [1.807, 2.05) is 11.3 Å². The van der Waals surface area contributed by atoms with Crippen molar-refractivity contribution in [1.82, 2.24) is 4.98 Å². The summed E-state index contributed by atoms with van der Waals surface area (Å²) < 4.78 is 0. The summed E-state index contributed by atoms with van der Waals surface area (Å²) in [5.41, 5.74) is 11.5. The van der Waals surface area contributed by atoms with Crippen LogP contribution in [0.1, 0.15) is 51.2 Å². The fourth-order valence-corrected chi connectivity index (χ4v) is 3.79. The van der Waals surface area contributed by atoms with Gasteiger partial charge in [-0.1, -0.05) is 18.2 Å². The number of thiazole rings is 1. The molecule has 0 aliphatic heterocycles. The molecule has 0 saturated carbocycles. The summed E-state index contributed by atoms with van der Waals surface area (Å²) in [4.78, 5) is 6.23. The summed E-state index contributed by atoms with van der Waals surface area (Å²) in [5, 5.41) is 1.08. The summed E-state index contributed by atoms with van der Waals surface area (Å²) in [5.74, 6) is 0. The van der Waals surface area contributed by atoms with Crippen molar-refractivity contribution in [2.75, 3.05) is 0 Å². The van der Waals surface area contributed by atoms with Crippen molar-refractivity contribution in [2.24, 2.45) is 5.73 Å². The molecule has 1 unspecified atom stereocenters. The van der Waals surface area contributed by atoms with Gasteiger partial charge in [0, 0.05) is 4.88 Å². The van der Waals surface area contributed by atoms with E-state index in [9.17, 15) is 0 Å². The molecular weight excluding hydrogens is 252 g/mol. The van der Waals surface area contributed by atoms with Gasteiger partial charge < -0.3 is 5.73 Å². The number of hydrogen-bond acceptors (Lipinski definition) is 3. The molecule has 0 fully saturated rings. The van der Waals surface area contributed by atoms with Crippen LogP contribution in [-0.4, -0.2) is 4.98 Å². The van der Waals surface area contributed by atoms with E-state index in [0.29, 0.717) is 0 Å². The minimum absolute atomic E-state index is 0.0742. The van der Waals surface area contributed by atoms with Crippen molar-refractivity contribution in [3.63, 3.8) is 0 Å². The average Bonchev–Trinajstić information content (AvgIpc) is 2.85. The minimum atomic E-state index is -0.0742.